The molecule has 6 heteroatoms. The highest BCUT2D eigenvalue weighted by Gasteiger charge is 2.34. The number of fused-ring (bicyclic) bond motifs is 1. The molecule has 4 nitrogen and oxygen atoms in total. The lowest BCUT2D eigenvalue weighted by Crippen LogP contribution is -2.10. The Balaban J connectivity index is 2.13. The Kier molecular flexibility index (Phi) is 4.09. The summed E-state index contributed by atoms with van der Waals surface area (Å²) in [7, 11) is 1.51. The summed E-state index contributed by atoms with van der Waals surface area (Å²) < 4.78 is 18.3. The van der Waals surface area contributed by atoms with Crippen molar-refractivity contribution in [1.82, 2.24) is 0 Å². The number of hydrogen-bond acceptors (Lipinski definition) is 4. The molecule has 1 aliphatic heterocycles. The van der Waals surface area contributed by atoms with Crippen molar-refractivity contribution in [2.75, 3.05) is 18.7 Å². The van der Waals surface area contributed by atoms with Gasteiger partial charge in [-0.1, -0.05) is 0 Å². The van der Waals surface area contributed by atoms with Crippen LogP contribution in [-0.4, -0.2) is 25.1 Å². The largest absolute Gasteiger partial charge is 0.497 e. The number of anilines is 1. The fourth-order valence-electron chi connectivity index (χ4n) is 2.60. The molecule has 0 saturated heterocycles. The van der Waals surface area contributed by atoms with E-state index in [2.05, 4.69) is 5.32 Å². The average molecular weight is 331 g/mol. The van der Waals surface area contributed by atoms with Crippen LogP contribution in [0.1, 0.15) is 26.7 Å². The van der Waals surface area contributed by atoms with Gasteiger partial charge < -0.3 is 10.1 Å². The van der Waals surface area contributed by atoms with Gasteiger partial charge >= 0.3 is 0 Å². The first-order valence-corrected chi connectivity index (χ1v) is 8.19. The lowest BCUT2D eigenvalue weighted by Gasteiger charge is -2.11. The van der Waals surface area contributed by atoms with E-state index in [1.807, 2.05) is 6.26 Å². The SMILES string of the molecule is COc1cc(C(=O)c2ccc(F)cc2)c2c(c1)C(SC)C(=O)N2. The number of rotatable bonds is 4. The number of thioether (sulfide) groups is 1. The minimum Gasteiger partial charge on any atom is -0.497 e. The van der Waals surface area contributed by atoms with E-state index in [-0.39, 0.29) is 16.9 Å². The quantitative estimate of drug-likeness (QED) is 0.872. The van der Waals surface area contributed by atoms with Crippen LogP contribution in [0.15, 0.2) is 36.4 Å². The molecule has 1 amide bonds. The van der Waals surface area contributed by atoms with Crippen molar-refractivity contribution in [2.45, 2.75) is 5.25 Å². The number of ether oxygens (including phenoxy) is 1. The second kappa shape index (κ2) is 6.04. The van der Waals surface area contributed by atoms with E-state index in [1.54, 1.807) is 12.1 Å². The van der Waals surface area contributed by atoms with E-state index in [1.165, 1.54) is 43.1 Å². The molecule has 118 valence electrons. The van der Waals surface area contributed by atoms with Gasteiger partial charge in [-0.15, -0.1) is 11.8 Å². The third-order valence-corrected chi connectivity index (χ3v) is 4.67. The van der Waals surface area contributed by atoms with Gasteiger partial charge in [-0.2, -0.15) is 0 Å². The van der Waals surface area contributed by atoms with Gasteiger partial charge in [0.25, 0.3) is 0 Å². The highest BCUT2D eigenvalue weighted by Crippen LogP contribution is 2.43. The number of ketones is 1. The molecule has 3 rings (SSSR count). The van der Waals surface area contributed by atoms with Crippen LogP contribution in [-0.2, 0) is 4.79 Å². The lowest BCUT2D eigenvalue weighted by atomic mass is 9.98. The third-order valence-electron chi connectivity index (χ3n) is 3.73. The van der Waals surface area contributed by atoms with E-state index >= 15 is 0 Å². The number of methoxy groups -OCH3 is 1. The van der Waals surface area contributed by atoms with Gasteiger partial charge in [0.1, 0.15) is 16.8 Å². The maximum absolute atomic E-state index is 13.0. The molecule has 0 fully saturated rings. The smallest absolute Gasteiger partial charge is 0.242 e. The first-order valence-electron chi connectivity index (χ1n) is 6.91. The number of carbonyl (C=O) groups is 2. The molecule has 0 saturated carbocycles. The van der Waals surface area contributed by atoms with Crippen molar-refractivity contribution < 1.29 is 18.7 Å². The normalized spacial score (nSPS) is 16.0. The van der Waals surface area contributed by atoms with Gasteiger partial charge in [-0.05, 0) is 42.7 Å². The summed E-state index contributed by atoms with van der Waals surface area (Å²) in [5.74, 6) is -0.353. The number of nitrogens with one attached hydrogen (secondary N) is 1. The second-order valence-corrected chi connectivity index (χ2v) is 6.02. The van der Waals surface area contributed by atoms with Gasteiger partial charge in [-0.25, -0.2) is 4.39 Å². The summed E-state index contributed by atoms with van der Waals surface area (Å²) >= 11 is 1.39. The summed E-state index contributed by atoms with van der Waals surface area (Å²) in [5, 5.41) is 2.40. The van der Waals surface area contributed by atoms with E-state index in [0.717, 1.165) is 5.56 Å². The molecule has 0 aliphatic carbocycles. The van der Waals surface area contributed by atoms with Gasteiger partial charge in [0.2, 0.25) is 5.91 Å². The fraction of sp³-hybridized carbons (Fsp3) is 0.176. The Hall–Kier alpha value is -2.34. The van der Waals surface area contributed by atoms with Gasteiger partial charge in [0, 0.05) is 11.1 Å². The molecule has 23 heavy (non-hydrogen) atoms. The van der Waals surface area contributed by atoms with Crippen molar-refractivity contribution in [3.05, 3.63) is 58.9 Å². The van der Waals surface area contributed by atoms with Crippen molar-refractivity contribution in [3.8, 4) is 5.75 Å². The van der Waals surface area contributed by atoms with E-state index in [9.17, 15) is 14.0 Å². The van der Waals surface area contributed by atoms with E-state index < -0.39 is 5.82 Å². The number of amides is 1. The third kappa shape index (κ3) is 2.70. The summed E-state index contributed by atoms with van der Waals surface area (Å²) in [6.07, 6.45) is 1.83. The van der Waals surface area contributed by atoms with Crippen LogP contribution in [0.25, 0.3) is 0 Å². The van der Waals surface area contributed by atoms with Crippen molar-refractivity contribution in [1.29, 1.82) is 0 Å². The maximum Gasteiger partial charge on any atom is 0.242 e. The van der Waals surface area contributed by atoms with Crippen molar-refractivity contribution in [3.63, 3.8) is 0 Å². The average Bonchev–Trinajstić information content (AvgIpc) is 2.88. The number of halogens is 1. The standard InChI is InChI=1S/C17H14FNO3S/c1-22-11-7-12(15(20)9-3-5-10(18)6-4-9)14-13(8-11)16(23-2)17(21)19-14/h3-8,16H,1-2H3,(H,19,21). The number of benzene rings is 2. The number of carbonyl (C=O) groups excluding carboxylic acids is 2. The van der Waals surface area contributed by atoms with Crippen molar-refractivity contribution in [2.24, 2.45) is 0 Å². The minimum atomic E-state index is -0.409. The fourth-order valence-corrected chi connectivity index (χ4v) is 3.31. The van der Waals surface area contributed by atoms with Crippen molar-refractivity contribution >= 4 is 29.1 Å². The van der Waals surface area contributed by atoms with Crippen LogP contribution in [0.3, 0.4) is 0 Å². The minimum absolute atomic E-state index is 0.158. The predicted octanol–water partition coefficient (Wildman–Crippen LogP) is 3.42. The van der Waals surface area contributed by atoms with Gasteiger partial charge in [0.05, 0.1) is 18.4 Å². The molecule has 0 bridgehead atoms. The predicted molar refractivity (Wildman–Crippen MR) is 87.7 cm³/mol. The first kappa shape index (κ1) is 15.6. The molecule has 0 spiro atoms. The zero-order valence-electron chi connectivity index (χ0n) is 12.6. The van der Waals surface area contributed by atoms with Crippen LogP contribution in [0.5, 0.6) is 5.75 Å². The summed E-state index contributed by atoms with van der Waals surface area (Å²) in [6, 6.07) is 8.66. The Labute approximate surface area is 137 Å². The monoisotopic (exact) mass is 331 g/mol. The van der Waals surface area contributed by atoms with Crippen LogP contribution in [0.4, 0.5) is 10.1 Å². The van der Waals surface area contributed by atoms with Crippen LogP contribution in [0, 0.1) is 5.82 Å². The summed E-state index contributed by atoms with van der Waals surface area (Å²) in [5.41, 5.74) is 1.93. The zero-order valence-corrected chi connectivity index (χ0v) is 13.4. The molecule has 1 heterocycles. The summed E-state index contributed by atoms with van der Waals surface area (Å²) in [4.78, 5) is 24.8. The molecule has 1 atom stereocenters. The van der Waals surface area contributed by atoms with Gasteiger partial charge in [0.15, 0.2) is 5.78 Å². The van der Waals surface area contributed by atoms with Crippen LogP contribution in [0.2, 0.25) is 0 Å². The molecular weight excluding hydrogens is 317 g/mol. The van der Waals surface area contributed by atoms with Gasteiger partial charge in [-0.3, -0.25) is 9.59 Å². The Bertz CT molecular complexity index is 789. The highest BCUT2D eigenvalue weighted by molar-refractivity contribution is 7.99. The molecule has 0 aromatic heterocycles. The molecule has 1 N–H and O–H groups in total. The zero-order chi connectivity index (χ0) is 16.6. The second-order valence-electron chi connectivity index (χ2n) is 5.08. The highest BCUT2D eigenvalue weighted by atomic mass is 32.2. The Morgan fingerprint density at radius 3 is 2.57 bits per heavy atom. The van der Waals surface area contributed by atoms with Crippen LogP contribution >= 0.6 is 11.8 Å². The summed E-state index contributed by atoms with van der Waals surface area (Å²) in [6.45, 7) is 0. The molecular formula is C17H14FNO3S. The maximum atomic E-state index is 13.0. The molecule has 2 aromatic rings. The van der Waals surface area contributed by atoms with E-state index in [4.69, 9.17) is 4.74 Å². The molecule has 0 radical (unpaired) electrons. The first-order chi connectivity index (χ1) is 11.0. The molecule has 1 aliphatic rings. The topological polar surface area (TPSA) is 55.4 Å². The Morgan fingerprint density at radius 1 is 1.26 bits per heavy atom. The van der Waals surface area contributed by atoms with E-state index in [0.29, 0.717) is 22.6 Å². The Morgan fingerprint density at radius 2 is 1.96 bits per heavy atom. The van der Waals surface area contributed by atoms with Crippen LogP contribution < -0.4 is 10.1 Å². The molecule has 1 unspecified atom stereocenters. The lowest BCUT2D eigenvalue weighted by molar-refractivity contribution is -0.115. The molecule has 2 aromatic carbocycles. The number of hydrogen-bond donors (Lipinski definition) is 1.